The molecule has 0 atom stereocenters. The van der Waals surface area contributed by atoms with E-state index in [1.165, 1.54) is 11.3 Å². The molecule has 0 bridgehead atoms. The average Bonchev–Trinajstić information content (AvgIpc) is 2.94. The molecule has 0 N–H and O–H groups in total. The van der Waals surface area contributed by atoms with Gasteiger partial charge < -0.3 is 9.09 Å². The zero-order chi connectivity index (χ0) is 15.1. The van der Waals surface area contributed by atoms with E-state index in [9.17, 15) is 4.79 Å². The van der Waals surface area contributed by atoms with Gasteiger partial charge in [-0.05, 0) is 31.5 Å². The Morgan fingerprint density at radius 2 is 2.14 bits per heavy atom. The fourth-order valence-electron chi connectivity index (χ4n) is 2.18. The number of nitrogens with zero attached hydrogens (tertiary/aromatic N) is 3. The van der Waals surface area contributed by atoms with Crippen LogP contribution in [0.4, 0.5) is 0 Å². The second-order valence-electron chi connectivity index (χ2n) is 4.75. The summed E-state index contributed by atoms with van der Waals surface area (Å²) < 4.78 is 7.77. The molecule has 1 aromatic carbocycles. The lowest BCUT2D eigenvalue weighted by atomic mass is 10.2. The highest BCUT2D eigenvalue weighted by Gasteiger charge is 2.12. The van der Waals surface area contributed by atoms with Crippen LogP contribution in [0, 0.1) is 13.8 Å². The van der Waals surface area contributed by atoms with Gasteiger partial charge in [0.1, 0.15) is 5.76 Å². The van der Waals surface area contributed by atoms with E-state index in [0.717, 1.165) is 15.8 Å². The number of rotatable bonds is 1. The van der Waals surface area contributed by atoms with Crippen LogP contribution in [0.2, 0.25) is 5.02 Å². The quantitative estimate of drug-likeness (QED) is 0.691. The number of amides is 1. The SMILES string of the molecule is Cc1cc(C(=O)N=c2sc3cc(Cl)cc(C)c3n2C)no1. The summed E-state index contributed by atoms with van der Waals surface area (Å²) in [4.78, 5) is 16.8. The summed E-state index contributed by atoms with van der Waals surface area (Å²) in [6.45, 7) is 3.71. The highest BCUT2D eigenvalue weighted by molar-refractivity contribution is 7.16. The molecule has 3 aromatic rings. The first-order valence-electron chi connectivity index (χ1n) is 6.24. The van der Waals surface area contributed by atoms with Crippen molar-refractivity contribution in [3.05, 3.63) is 45.0 Å². The first kappa shape index (κ1) is 14.0. The molecular weight excluding hydrogens is 310 g/mol. The lowest BCUT2D eigenvalue weighted by Crippen LogP contribution is -2.13. The first-order valence-corrected chi connectivity index (χ1v) is 7.43. The van der Waals surface area contributed by atoms with E-state index in [0.29, 0.717) is 15.6 Å². The Hall–Kier alpha value is -1.92. The van der Waals surface area contributed by atoms with E-state index in [1.807, 2.05) is 30.7 Å². The Bertz CT molecular complexity index is 920. The Kier molecular flexibility index (Phi) is 3.43. The molecule has 0 aliphatic heterocycles. The minimum absolute atomic E-state index is 0.208. The normalized spacial score (nSPS) is 12.3. The topological polar surface area (TPSA) is 60.4 Å². The van der Waals surface area contributed by atoms with Gasteiger partial charge in [-0.25, -0.2) is 0 Å². The molecule has 0 spiro atoms. The molecule has 7 heteroatoms. The van der Waals surface area contributed by atoms with Crippen molar-refractivity contribution in [2.75, 3.05) is 0 Å². The third-order valence-corrected chi connectivity index (χ3v) is 4.40. The Morgan fingerprint density at radius 1 is 1.38 bits per heavy atom. The summed E-state index contributed by atoms with van der Waals surface area (Å²) in [6.07, 6.45) is 0. The van der Waals surface area contributed by atoms with E-state index in [4.69, 9.17) is 16.1 Å². The Morgan fingerprint density at radius 3 is 2.81 bits per heavy atom. The molecule has 0 aliphatic carbocycles. The molecule has 0 saturated carbocycles. The van der Waals surface area contributed by atoms with Crippen LogP contribution in [0.1, 0.15) is 21.8 Å². The van der Waals surface area contributed by atoms with Gasteiger partial charge in [0.25, 0.3) is 0 Å². The van der Waals surface area contributed by atoms with Crippen LogP contribution < -0.4 is 4.80 Å². The van der Waals surface area contributed by atoms with Gasteiger partial charge in [0, 0.05) is 18.1 Å². The minimum atomic E-state index is -0.419. The largest absolute Gasteiger partial charge is 0.361 e. The number of carbonyl (C=O) groups excluding carboxylic acids is 1. The Labute approximate surface area is 129 Å². The van der Waals surface area contributed by atoms with Crippen LogP contribution in [0.5, 0.6) is 0 Å². The molecule has 0 radical (unpaired) electrons. The molecule has 2 heterocycles. The summed E-state index contributed by atoms with van der Waals surface area (Å²) in [5.41, 5.74) is 2.27. The third-order valence-electron chi connectivity index (χ3n) is 3.10. The number of hydrogen-bond acceptors (Lipinski definition) is 4. The summed E-state index contributed by atoms with van der Waals surface area (Å²) in [7, 11) is 1.87. The van der Waals surface area contributed by atoms with Crippen molar-refractivity contribution in [3.8, 4) is 0 Å². The van der Waals surface area contributed by atoms with Crippen LogP contribution in [-0.2, 0) is 7.05 Å². The molecule has 1 amide bonds. The summed E-state index contributed by atoms with van der Waals surface area (Å²) in [5.74, 6) is 0.162. The third kappa shape index (κ3) is 2.52. The van der Waals surface area contributed by atoms with Gasteiger partial charge in [-0.2, -0.15) is 4.99 Å². The maximum absolute atomic E-state index is 12.1. The number of thiazole rings is 1. The summed E-state index contributed by atoms with van der Waals surface area (Å²) in [5, 5.41) is 4.36. The molecule has 2 aromatic heterocycles. The lowest BCUT2D eigenvalue weighted by molar-refractivity contribution is 0.0989. The predicted molar refractivity (Wildman–Crippen MR) is 81.7 cm³/mol. The molecule has 0 fully saturated rings. The number of aryl methyl sites for hydroxylation is 3. The van der Waals surface area contributed by atoms with E-state index in [-0.39, 0.29) is 5.69 Å². The zero-order valence-corrected chi connectivity index (χ0v) is 13.2. The van der Waals surface area contributed by atoms with Crippen LogP contribution in [0.15, 0.2) is 27.7 Å². The number of halogens is 1. The molecule has 3 rings (SSSR count). The molecule has 5 nitrogen and oxygen atoms in total. The van der Waals surface area contributed by atoms with E-state index >= 15 is 0 Å². The minimum Gasteiger partial charge on any atom is -0.361 e. The number of aromatic nitrogens is 2. The molecule has 0 saturated heterocycles. The van der Waals surface area contributed by atoms with Gasteiger partial charge in [-0.15, -0.1) is 0 Å². The maximum atomic E-state index is 12.1. The van der Waals surface area contributed by atoms with Gasteiger partial charge in [0.2, 0.25) is 0 Å². The number of benzene rings is 1. The first-order chi connectivity index (χ1) is 9.95. The Balaban J connectivity index is 2.16. The molecular formula is C14H12ClN3O2S. The van der Waals surface area contributed by atoms with Crippen molar-refractivity contribution in [3.63, 3.8) is 0 Å². The van der Waals surface area contributed by atoms with Crippen molar-refractivity contribution >= 4 is 39.1 Å². The van der Waals surface area contributed by atoms with Crippen LogP contribution >= 0.6 is 22.9 Å². The zero-order valence-electron chi connectivity index (χ0n) is 11.7. The van der Waals surface area contributed by atoms with Crippen LogP contribution in [0.25, 0.3) is 10.2 Å². The lowest BCUT2D eigenvalue weighted by Gasteiger charge is -2.00. The highest BCUT2D eigenvalue weighted by Crippen LogP contribution is 2.25. The van der Waals surface area contributed by atoms with E-state index < -0.39 is 5.91 Å². The molecule has 108 valence electrons. The fraction of sp³-hybridized carbons (Fsp3) is 0.214. The van der Waals surface area contributed by atoms with Crippen molar-refractivity contribution in [2.45, 2.75) is 13.8 Å². The monoisotopic (exact) mass is 321 g/mol. The van der Waals surface area contributed by atoms with Gasteiger partial charge in [-0.3, -0.25) is 4.79 Å². The summed E-state index contributed by atoms with van der Waals surface area (Å²) in [6, 6.07) is 5.34. The van der Waals surface area contributed by atoms with E-state index in [1.54, 1.807) is 13.0 Å². The smallest absolute Gasteiger partial charge is 0.301 e. The molecule has 21 heavy (non-hydrogen) atoms. The highest BCUT2D eigenvalue weighted by atomic mass is 35.5. The fourth-order valence-corrected chi connectivity index (χ4v) is 3.66. The number of fused-ring (bicyclic) bond motifs is 1. The van der Waals surface area contributed by atoms with Crippen molar-refractivity contribution in [1.29, 1.82) is 0 Å². The number of carbonyl (C=O) groups is 1. The average molecular weight is 322 g/mol. The van der Waals surface area contributed by atoms with Crippen molar-refractivity contribution in [2.24, 2.45) is 12.0 Å². The van der Waals surface area contributed by atoms with E-state index in [2.05, 4.69) is 10.1 Å². The second kappa shape index (κ2) is 5.13. The second-order valence-corrected chi connectivity index (χ2v) is 6.20. The molecule has 0 aliphatic rings. The summed E-state index contributed by atoms with van der Waals surface area (Å²) >= 11 is 7.48. The van der Waals surface area contributed by atoms with Gasteiger partial charge in [0.05, 0.1) is 10.2 Å². The predicted octanol–water partition coefficient (Wildman–Crippen LogP) is 3.24. The van der Waals surface area contributed by atoms with Crippen LogP contribution in [-0.4, -0.2) is 15.6 Å². The van der Waals surface area contributed by atoms with Crippen molar-refractivity contribution < 1.29 is 9.32 Å². The number of hydrogen-bond donors (Lipinski definition) is 0. The van der Waals surface area contributed by atoms with Crippen LogP contribution in [0.3, 0.4) is 0 Å². The van der Waals surface area contributed by atoms with Gasteiger partial charge in [-0.1, -0.05) is 28.1 Å². The standard InChI is InChI=1S/C14H12ClN3O2S/c1-7-4-9(15)6-11-12(7)18(3)14(21-11)16-13(19)10-5-8(2)20-17-10/h4-6H,1-3H3. The van der Waals surface area contributed by atoms with Gasteiger partial charge in [0.15, 0.2) is 10.5 Å². The maximum Gasteiger partial charge on any atom is 0.301 e. The molecule has 0 unspecified atom stereocenters. The van der Waals surface area contributed by atoms with Gasteiger partial charge >= 0.3 is 5.91 Å². The van der Waals surface area contributed by atoms with Crippen molar-refractivity contribution in [1.82, 2.24) is 9.72 Å².